The first kappa shape index (κ1) is 19.3. The zero-order chi connectivity index (χ0) is 19.1. The molecule has 2 rings (SSSR count). The first-order valence-electron chi connectivity index (χ1n) is 7.67. The molecule has 0 atom stereocenters. The number of carbonyl (C=O) groups is 2. The largest absolute Gasteiger partial charge is 0.504 e. The molecule has 2 N–H and O–H groups in total. The van der Waals surface area contributed by atoms with E-state index in [4.69, 9.17) is 21.1 Å². The number of hydrogen-bond acceptors (Lipinski definition) is 5. The van der Waals surface area contributed by atoms with Crippen molar-refractivity contribution in [3.05, 3.63) is 58.6 Å². The number of rotatable bonds is 6. The minimum atomic E-state index is -0.671. The highest BCUT2D eigenvalue weighted by Crippen LogP contribution is 2.26. The highest BCUT2D eigenvalue weighted by atomic mass is 35.5. The smallest absolute Gasteiger partial charge is 0.331 e. The van der Waals surface area contributed by atoms with Crippen molar-refractivity contribution < 1.29 is 24.2 Å². The van der Waals surface area contributed by atoms with Gasteiger partial charge in [0.1, 0.15) is 0 Å². The molecule has 0 bridgehead atoms. The third-order valence-corrected chi connectivity index (χ3v) is 3.91. The summed E-state index contributed by atoms with van der Waals surface area (Å²) in [5.74, 6) is -0.851. The number of ether oxygens (including phenoxy) is 2. The maximum Gasteiger partial charge on any atom is 0.331 e. The van der Waals surface area contributed by atoms with Gasteiger partial charge in [-0.25, -0.2) is 4.79 Å². The number of aromatic hydroxyl groups is 1. The number of amides is 1. The maximum atomic E-state index is 11.9. The first-order chi connectivity index (χ1) is 12.4. The average Bonchev–Trinajstić information content (AvgIpc) is 2.63. The van der Waals surface area contributed by atoms with Crippen molar-refractivity contribution in [2.75, 3.05) is 19.0 Å². The molecule has 0 spiro atoms. The quantitative estimate of drug-likeness (QED) is 0.595. The van der Waals surface area contributed by atoms with Gasteiger partial charge in [0, 0.05) is 16.8 Å². The van der Waals surface area contributed by atoms with Gasteiger partial charge >= 0.3 is 5.97 Å². The second-order valence-electron chi connectivity index (χ2n) is 5.33. The summed E-state index contributed by atoms with van der Waals surface area (Å²) in [5, 5.41) is 12.7. The molecule has 6 nitrogen and oxygen atoms in total. The van der Waals surface area contributed by atoms with Gasteiger partial charge in [-0.3, -0.25) is 4.79 Å². The van der Waals surface area contributed by atoms with E-state index in [-0.39, 0.29) is 11.5 Å². The number of esters is 1. The van der Waals surface area contributed by atoms with Crippen LogP contribution in [0.4, 0.5) is 5.69 Å². The molecule has 2 aromatic rings. The van der Waals surface area contributed by atoms with Gasteiger partial charge in [-0.05, 0) is 48.4 Å². The van der Waals surface area contributed by atoms with Crippen molar-refractivity contribution in [2.24, 2.45) is 0 Å². The van der Waals surface area contributed by atoms with Crippen LogP contribution in [0.25, 0.3) is 6.08 Å². The molecule has 0 saturated heterocycles. The summed E-state index contributed by atoms with van der Waals surface area (Å²) in [6.45, 7) is 1.35. The SMILES string of the molecule is COc1cc(/C=C\C(=O)OCC(=O)Nc2cccc(Cl)c2C)ccc1O. The monoisotopic (exact) mass is 375 g/mol. The van der Waals surface area contributed by atoms with Crippen LogP contribution in [0.15, 0.2) is 42.5 Å². The molecule has 0 aliphatic rings. The minimum Gasteiger partial charge on any atom is -0.504 e. The lowest BCUT2D eigenvalue weighted by atomic mass is 10.2. The molecule has 0 aliphatic carbocycles. The summed E-state index contributed by atoms with van der Waals surface area (Å²) in [4.78, 5) is 23.6. The van der Waals surface area contributed by atoms with E-state index in [0.717, 1.165) is 5.56 Å². The number of phenolic OH excluding ortho intramolecular Hbond substituents is 1. The van der Waals surface area contributed by atoms with E-state index in [9.17, 15) is 14.7 Å². The van der Waals surface area contributed by atoms with E-state index < -0.39 is 18.5 Å². The molecule has 0 fully saturated rings. The topological polar surface area (TPSA) is 84.9 Å². The molecular formula is C19H18ClNO5. The zero-order valence-corrected chi connectivity index (χ0v) is 15.0. The second-order valence-corrected chi connectivity index (χ2v) is 5.74. The predicted molar refractivity (Wildman–Crippen MR) is 99.5 cm³/mol. The van der Waals surface area contributed by atoms with E-state index in [2.05, 4.69) is 5.32 Å². The van der Waals surface area contributed by atoms with Crippen molar-refractivity contribution in [1.29, 1.82) is 0 Å². The number of halogens is 1. The van der Waals surface area contributed by atoms with Gasteiger partial charge in [0.05, 0.1) is 7.11 Å². The molecule has 1 amide bonds. The molecule has 0 aromatic heterocycles. The van der Waals surface area contributed by atoms with E-state index in [1.165, 1.54) is 25.3 Å². The molecule has 0 heterocycles. The van der Waals surface area contributed by atoms with Gasteiger partial charge in [0.25, 0.3) is 5.91 Å². The summed E-state index contributed by atoms with van der Waals surface area (Å²) in [6.07, 6.45) is 2.67. The van der Waals surface area contributed by atoms with Gasteiger partial charge < -0.3 is 19.9 Å². The van der Waals surface area contributed by atoms with Crippen LogP contribution in [0, 0.1) is 6.92 Å². The number of carbonyl (C=O) groups excluding carboxylic acids is 2. The number of anilines is 1. The number of methoxy groups -OCH3 is 1. The van der Waals surface area contributed by atoms with E-state index in [0.29, 0.717) is 16.3 Å². The Morgan fingerprint density at radius 2 is 2.04 bits per heavy atom. The Morgan fingerprint density at radius 1 is 1.27 bits per heavy atom. The fraction of sp³-hybridized carbons (Fsp3) is 0.158. The third-order valence-electron chi connectivity index (χ3n) is 3.50. The van der Waals surface area contributed by atoms with Crippen molar-refractivity contribution in [3.8, 4) is 11.5 Å². The predicted octanol–water partition coefficient (Wildman–Crippen LogP) is 3.56. The maximum absolute atomic E-state index is 11.9. The summed E-state index contributed by atoms with van der Waals surface area (Å²) in [6, 6.07) is 9.76. The molecule has 0 saturated carbocycles. The minimum absolute atomic E-state index is 0.000191. The van der Waals surface area contributed by atoms with Crippen LogP contribution in [-0.4, -0.2) is 30.7 Å². The molecule has 0 aliphatic heterocycles. The fourth-order valence-electron chi connectivity index (χ4n) is 2.08. The summed E-state index contributed by atoms with van der Waals surface area (Å²) in [5.41, 5.74) is 1.93. The van der Waals surface area contributed by atoms with Crippen molar-refractivity contribution >= 4 is 35.2 Å². The Hall–Kier alpha value is -2.99. The molecular weight excluding hydrogens is 358 g/mol. The molecule has 26 heavy (non-hydrogen) atoms. The summed E-state index contributed by atoms with van der Waals surface area (Å²) >= 11 is 5.99. The van der Waals surface area contributed by atoms with Crippen LogP contribution in [-0.2, 0) is 14.3 Å². The summed E-state index contributed by atoms with van der Waals surface area (Å²) in [7, 11) is 1.43. The van der Waals surface area contributed by atoms with Crippen LogP contribution >= 0.6 is 11.6 Å². The van der Waals surface area contributed by atoms with Gasteiger partial charge in [-0.15, -0.1) is 0 Å². The molecule has 0 radical (unpaired) electrons. The van der Waals surface area contributed by atoms with E-state index in [1.54, 1.807) is 37.3 Å². The molecule has 7 heteroatoms. The van der Waals surface area contributed by atoms with Crippen LogP contribution in [0.5, 0.6) is 11.5 Å². The lowest BCUT2D eigenvalue weighted by Crippen LogP contribution is -2.20. The van der Waals surface area contributed by atoms with E-state index >= 15 is 0 Å². The first-order valence-corrected chi connectivity index (χ1v) is 8.05. The van der Waals surface area contributed by atoms with Gasteiger partial charge in [0.15, 0.2) is 18.1 Å². The van der Waals surface area contributed by atoms with Gasteiger partial charge in [-0.2, -0.15) is 0 Å². The summed E-state index contributed by atoms with van der Waals surface area (Å²) < 4.78 is 9.88. The standard InChI is InChI=1S/C19H18ClNO5/c1-12-14(20)4-3-5-15(12)21-18(23)11-26-19(24)9-7-13-6-8-16(22)17(10-13)25-2/h3-10,22H,11H2,1-2H3,(H,21,23)/b9-7-. The van der Waals surface area contributed by atoms with Crippen molar-refractivity contribution in [2.45, 2.75) is 6.92 Å². The Labute approximate surface area is 156 Å². The van der Waals surface area contributed by atoms with Gasteiger partial charge in [0.2, 0.25) is 0 Å². The normalized spacial score (nSPS) is 10.6. The number of benzene rings is 2. The average molecular weight is 376 g/mol. The van der Waals surface area contributed by atoms with Gasteiger partial charge in [-0.1, -0.05) is 23.7 Å². The fourth-order valence-corrected chi connectivity index (χ4v) is 2.25. The van der Waals surface area contributed by atoms with Crippen LogP contribution < -0.4 is 10.1 Å². The Bertz CT molecular complexity index is 848. The third kappa shape index (κ3) is 5.26. The number of phenols is 1. The van der Waals surface area contributed by atoms with E-state index in [1.807, 2.05) is 0 Å². The lowest BCUT2D eigenvalue weighted by molar-refractivity contribution is -0.142. The number of nitrogens with one attached hydrogen (secondary N) is 1. The molecule has 0 unspecified atom stereocenters. The van der Waals surface area contributed by atoms with Crippen molar-refractivity contribution in [3.63, 3.8) is 0 Å². The highest BCUT2D eigenvalue weighted by molar-refractivity contribution is 6.31. The highest BCUT2D eigenvalue weighted by Gasteiger charge is 2.09. The number of hydrogen-bond donors (Lipinski definition) is 2. The molecule has 2 aromatic carbocycles. The molecule has 136 valence electrons. The Kier molecular flexibility index (Phi) is 6.63. The Morgan fingerprint density at radius 3 is 2.77 bits per heavy atom. The zero-order valence-electron chi connectivity index (χ0n) is 14.3. The van der Waals surface area contributed by atoms with Crippen LogP contribution in [0.3, 0.4) is 0 Å². The Balaban J connectivity index is 1.88. The van der Waals surface area contributed by atoms with Crippen LogP contribution in [0.1, 0.15) is 11.1 Å². The lowest BCUT2D eigenvalue weighted by Gasteiger charge is -2.09. The second kappa shape index (κ2) is 8.92. The van der Waals surface area contributed by atoms with Crippen molar-refractivity contribution in [1.82, 2.24) is 0 Å². The van der Waals surface area contributed by atoms with Crippen LogP contribution in [0.2, 0.25) is 5.02 Å².